The van der Waals surface area contributed by atoms with Gasteiger partial charge >= 0.3 is 5.97 Å². The van der Waals surface area contributed by atoms with Crippen molar-refractivity contribution in [3.8, 4) is 28.0 Å². The summed E-state index contributed by atoms with van der Waals surface area (Å²) in [5, 5.41) is 0. The third kappa shape index (κ3) is 3.34. The van der Waals surface area contributed by atoms with Gasteiger partial charge in [0.25, 0.3) is 0 Å². The van der Waals surface area contributed by atoms with Gasteiger partial charge in [-0.05, 0) is 42.3 Å². The number of hydrogen-bond donors (Lipinski definition) is 0. The number of carbonyl (C=O) groups is 1. The molecule has 140 valence electrons. The molecule has 0 saturated heterocycles. The van der Waals surface area contributed by atoms with Crippen LogP contribution in [-0.2, 0) is 4.74 Å². The summed E-state index contributed by atoms with van der Waals surface area (Å²) >= 11 is 1.19. The molecule has 0 saturated carbocycles. The van der Waals surface area contributed by atoms with Crippen LogP contribution in [0.4, 0.5) is 0 Å². The number of rotatable bonds is 5. The molecule has 0 fully saturated rings. The highest BCUT2D eigenvalue weighted by molar-refractivity contribution is 7.00. The minimum atomic E-state index is -0.315. The predicted octanol–water partition coefficient (Wildman–Crippen LogP) is 5.21. The Bertz CT molecular complexity index is 1120. The molecule has 0 atom stereocenters. The maximum absolute atomic E-state index is 11.9. The monoisotopic (exact) mass is 390 g/mol. The van der Waals surface area contributed by atoms with E-state index in [1.165, 1.54) is 11.7 Å². The van der Waals surface area contributed by atoms with E-state index >= 15 is 0 Å². The molecule has 0 bridgehead atoms. The van der Waals surface area contributed by atoms with E-state index in [9.17, 15) is 4.79 Å². The van der Waals surface area contributed by atoms with E-state index in [0.29, 0.717) is 12.2 Å². The molecule has 0 N–H and O–H groups in total. The fraction of sp³-hybridized carbons (Fsp3) is 0.136. The zero-order valence-corrected chi connectivity index (χ0v) is 16.3. The second kappa shape index (κ2) is 7.78. The number of nitrogens with zero attached hydrogens (tertiary/aromatic N) is 2. The Morgan fingerprint density at radius 1 is 0.857 bits per heavy atom. The zero-order valence-electron chi connectivity index (χ0n) is 15.5. The number of benzene rings is 3. The van der Waals surface area contributed by atoms with Crippen LogP contribution in [-0.4, -0.2) is 28.4 Å². The molecule has 0 aliphatic carbocycles. The number of methoxy groups -OCH3 is 1. The van der Waals surface area contributed by atoms with Crippen LogP contribution in [0.1, 0.15) is 17.3 Å². The van der Waals surface area contributed by atoms with Gasteiger partial charge in [-0.25, -0.2) is 4.79 Å². The molecule has 0 amide bonds. The molecule has 6 heteroatoms. The zero-order chi connectivity index (χ0) is 19.5. The van der Waals surface area contributed by atoms with Gasteiger partial charge in [-0.1, -0.05) is 36.4 Å². The molecule has 5 nitrogen and oxygen atoms in total. The molecule has 4 aromatic rings. The molecule has 0 spiro atoms. The molecule has 0 aliphatic heterocycles. The Balaban J connectivity index is 1.73. The smallest absolute Gasteiger partial charge is 0.338 e. The topological polar surface area (TPSA) is 61.3 Å². The Morgan fingerprint density at radius 3 is 1.89 bits per heavy atom. The number of aromatic nitrogens is 2. The highest BCUT2D eigenvalue weighted by atomic mass is 32.1. The summed E-state index contributed by atoms with van der Waals surface area (Å²) in [6.07, 6.45) is 0. The van der Waals surface area contributed by atoms with Gasteiger partial charge in [-0.3, -0.25) is 0 Å². The van der Waals surface area contributed by atoms with Crippen molar-refractivity contribution in [3.05, 3.63) is 66.2 Å². The first-order valence-corrected chi connectivity index (χ1v) is 9.61. The SMILES string of the molecule is CCOC(=O)c1ccc(-c2ccc(-c3ccc(OC)cc3)c3nsnc23)cc1. The van der Waals surface area contributed by atoms with Crippen LogP contribution < -0.4 is 4.74 Å². The van der Waals surface area contributed by atoms with Crippen LogP contribution in [0.15, 0.2) is 60.7 Å². The first kappa shape index (κ1) is 18.1. The molecule has 0 radical (unpaired) electrons. The molecule has 1 heterocycles. The van der Waals surface area contributed by atoms with Crippen molar-refractivity contribution in [2.75, 3.05) is 13.7 Å². The average molecular weight is 390 g/mol. The molecular formula is C22H18N2O3S. The highest BCUT2D eigenvalue weighted by Gasteiger charge is 2.14. The fourth-order valence-corrected chi connectivity index (χ4v) is 3.68. The van der Waals surface area contributed by atoms with E-state index in [-0.39, 0.29) is 5.97 Å². The van der Waals surface area contributed by atoms with Crippen molar-refractivity contribution in [2.45, 2.75) is 6.92 Å². The van der Waals surface area contributed by atoms with E-state index in [4.69, 9.17) is 9.47 Å². The summed E-state index contributed by atoms with van der Waals surface area (Å²) in [6, 6.07) is 19.4. The van der Waals surface area contributed by atoms with Gasteiger partial charge in [0.2, 0.25) is 0 Å². The molecule has 0 aliphatic rings. The summed E-state index contributed by atoms with van der Waals surface area (Å²) in [5.41, 5.74) is 6.29. The lowest BCUT2D eigenvalue weighted by Crippen LogP contribution is -2.04. The minimum absolute atomic E-state index is 0.315. The van der Waals surface area contributed by atoms with E-state index in [1.54, 1.807) is 26.2 Å². The van der Waals surface area contributed by atoms with E-state index in [2.05, 4.69) is 14.8 Å². The number of esters is 1. The van der Waals surface area contributed by atoms with Crippen molar-refractivity contribution in [1.29, 1.82) is 0 Å². The maximum Gasteiger partial charge on any atom is 0.338 e. The lowest BCUT2D eigenvalue weighted by molar-refractivity contribution is 0.0526. The molecule has 0 unspecified atom stereocenters. The van der Waals surface area contributed by atoms with Crippen LogP contribution in [0.25, 0.3) is 33.3 Å². The van der Waals surface area contributed by atoms with E-state index in [0.717, 1.165) is 39.0 Å². The summed E-state index contributed by atoms with van der Waals surface area (Å²) in [6.45, 7) is 2.15. The van der Waals surface area contributed by atoms with E-state index < -0.39 is 0 Å². The third-order valence-corrected chi connectivity index (χ3v) is 5.05. The van der Waals surface area contributed by atoms with Crippen LogP contribution in [0.3, 0.4) is 0 Å². The lowest BCUT2D eigenvalue weighted by Gasteiger charge is -2.08. The molecule has 28 heavy (non-hydrogen) atoms. The second-order valence-electron chi connectivity index (χ2n) is 6.15. The van der Waals surface area contributed by atoms with Gasteiger partial charge in [0.15, 0.2) is 0 Å². The van der Waals surface area contributed by atoms with Crippen molar-refractivity contribution in [3.63, 3.8) is 0 Å². The molecular weight excluding hydrogens is 372 g/mol. The largest absolute Gasteiger partial charge is 0.497 e. The van der Waals surface area contributed by atoms with Gasteiger partial charge in [-0.15, -0.1) is 0 Å². The predicted molar refractivity (Wildman–Crippen MR) is 111 cm³/mol. The first-order chi connectivity index (χ1) is 13.7. The summed E-state index contributed by atoms with van der Waals surface area (Å²) in [4.78, 5) is 11.9. The van der Waals surface area contributed by atoms with Crippen molar-refractivity contribution in [1.82, 2.24) is 8.75 Å². The Kier molecular flexibility index (Phi) is 5.04. The van der Waals surface area contributed by atoms with Crippen molar-refractivity contribution in [2.24, 2.45) is 0 Å². The van der Waals surface area contributed by atoms with E-state index in [1.807, 2.05) is 42.5 Å². The summed E-state index contributed by atoms with van der Waals surface area (Å²) in [5.74, 6) is 0.499. The Hall–Kier alpha value is -3.25. The highest BCUT2D eigenvalue weighted by Crippen LogP contribution is 2.35. The quantitative estimate of drug-likeness (QED) is 0.438. The van der Waals surface area contributed by atoms with Crippen molar-refractivity contribution >= 4 is 28.7 Å². The number of carbonyl (C=O) groups excluding carboxylic acids is 1. The number of fused-ring (bicyclic) bond motifs is 1. The summed E-state index contributed by atoms with van der Waals surface area (Å²) < 4.78 is 19.3. The Morgan fingerprint density at radius 2 is 1.39 bits per heavy atom. The molecule has 4 rings (SSSR count). The van der Waals surface area contributed by atoms with Gasteiger partial charge in [-0.2, -0.15) is 8.75 Å². The maximum atomic E-state index is 11.9. The number of ether oxygens (including phenoxy) is 2. The molecule has 1 aromatic heterocycles. The van der Waals surface area contributed by atoms with Crippen LogP contribution in [0, 0.1) is 0 Å². The minimum Gasteiger partial charge on any atom is -0.497 e. The number of hydrogen-bond acceptors (Lipinski definition) is 6. The van der Waals surface area contributed by atoms with Crippen LogP contribution >= 0.6 is 11.7 Å². The standard InChI is InChI=1S/C22H18N2O3S/c1-3-27-22(25)16-6-4-14(5-7-16)18-12-13-19(21-20(18)23-28-24-21)15-8-10-17(26-2)11-9-15/h4-13H,3H2,1-2H3. The van der Waals surface area contributed by atoms with Gasteiger partial charge in [0, 0.05) is 11.1 Å². The normalized spacial score (nSPS) is 10.8. The fourth-order valence-electron chi connectivity index (χ4n) is 3.10. The van der Waals surface area contributed by atoms with Crippen molar-refractivity contribution < 1.29 is 14.3 Å². The van der Waals surface area contributed by atoms with Gasteiger partial charge in [0.1, 0.15) is 16.8 Å². The van der Waals surface area contributed by atoms with Gasteiger partial charge in [0.05, 0.1) is 31.0 Å². The Labute approximate surface area is 166 Å². The van der Waals surface area contributed by atoms with Crippen LogP contribution in [0.5, 0.6) is 5.75 Å². The van der Waals surface area contributed by atoms with Gasteiger partial charge < -0.3 is 9.47 Å². The lowest BCUT2D eigenvalue weighted by atomic mass is 9.97. The molecule has 3 aromatic carbocycles. The first-order valence-electron chi connectivity index (χ1n) is 8.88. The third-order valence-electron chi connectivity index (χ3n) is 4.52. The average Bonchev–Trinajstić information content (AvgIpc) is 3.23. The summed E-state index contributed by atoms with van der Waals surface area (Å²) in [7, 11) is 1.65. The van der Waals surface area contributed by atoms with Crippen LogP contribution in [0.2, 0.25) is 0 Å². The second-order valence-corrected chi connectivity index (χ2v) is 6.68.